The molecule has 0 saturated heterocycles. The summed E-state index contributed by atoms with van der Waals surface area (Å²) in [5.74, 6) is 0.0290. The van der Waals surface area contributed by atoms with E-state index < -0.39 is 0 Å². The van der Waals surface area contributed by atoms with E-state index in [4.69, 9.17) is 0 Å². The number of thiazole rings is 1. The summed E-state index contributed by atoms with van der Waals surface area (Å²) >= 11 is 1.66. The Morgan fingerprint density at radius 3 is 3.07 bits per heavy atom. The quantitative estimate of drug-likeness (QED) is 0.845. The SMILES string of the molecule is CCC(=O)Nc1ccc2sc(C)nc2c1. The summed E-state index contributed by atoms with van der Waals surface area (Å²) in [6, 6.07) is 5.81. The normalized spacial score (nSPS) is 10.5. The Labute approximate surface area is 92.1 Å². The Kier molecular flexibility index (Phi) is 2.68. The fraction of sp³-hybridized carbons (Fsp3) is 0.273. The van der Waals surface area contributed by atoms with Crippen LogP contribution in [0.1, 0.15) is 18.4 Å². The average Bonchev–Trinajstić information content (AvgIpc) is 2.57. The molecule has 2 aromatic rings. The van der Waals surface area contributed by atoms with Gasteiger partial charge in [-0.15, -0.1) is 11.3 Å². The highest BCUT2D eigenvalue weighted by Gasteiger charge is 2.03. The van der Waals surface area contributed by atoms with Gasteiger partial charge in [0.05, 0.1) is 15.2 Å². The molecule has 0 unspecified atom stereocenters. The summed E-state index contributed by atoms with van der Waals surface area (Å²) in [7, 11) is 0. The third-order valence-electron chi connectivity index (χ3n) is 2.10. The van der Waals surface area contributed by atoms with Crippen LogP contribution in [0.5, 0.6) is 0 Å². The summed E-state index contributed by atoms with van der Waals surface area (Å²) in [5.41, 5.74) is 1.77. The highest BCUT2D eigenvalue weighted by molar-refractivity contribution is 7.18. The molecular weight excluding hydrogens is 208 g/mol. The predicted octanol–water partition coefficient (Wildman–Crippen LogP) is 2.95. The smallest absolute Gasteiger partial charge is 0.224 e. The molecular formula is C11H12N2OS. The fourth-order valence-electron chi connectivity index (χ4n) is 1.37. The van der Waals surface area contributed by atoms with E-state index in [-0.39, 0.29) is 5.91 Å². The van der Waals surface area contributed by atoms with Crippen molar-refractivity contribution in [2.75, 3.05) is 5.32 Å². The highest BCUT2D eigenvalue weighted by atomic mass is 32.1. The Balaban J connectivity index is 2.33. The van der Waals surface area contributed by atoms with Gasteiger partial charge in [-0.2, -0.15) is 0 Å². The molecule has 0 aliphatic heterocycles. The van der Waals surface area contributed by atoms with Gasteiger partial charge in [-0.25, -0.2) is 4.98 Å². The molecule has 78 valence electrons. The number of hydrogen-bond donors (Lipinski definition) is 1. The van der Waals surface area contributed by atoms with Crippen molar-refractivity contribution in [2.45, 2.75) is 20.3 Å². The van der Waals surface area contributed by atoms with E-state index in [1.165, 1.54) is 0 Å². The maximum absolute atomic E-state index is 11.2. The van der Waals surface area contributed by atoms with E-state index in [1.807, 2.05) is 32.0 Å². The molecule has 3 nitrogen and oxygen atoms in total. The minimum Gasteiger partial charge on any atom is -0.326 e. The number of fused-ring (bicyclic) bond motifs is 1. The zero-order valence-electron chi connectivity index (χ0n) is 8.70. The van der Waals surface area contributed by atoms with Gasteiger partial charge in [0, 0.05) is 12.1 Å². The van der Waals surface area contributed by atoms with Crippen LogP contribution in [0.2, 0.25) is 0 Å². The molecule has 0 bridgehead atoms. The van der Waals surface area contributed by atoms with Crippen LogP contribution in [0.25, 0.3) is 10.2 Å². The summed E-state index contributed by atoms with van der Waals surface area (Å²) in [6.07, 6.45) is 0.494. The van der Waals surface area contributed by atoms with Crippen molar-refractivity contribution >= 4 is 33.1 Å². The number of carbonyl (C=O) groups is 1. The zero-order valence-corrected chi connectivity index (χ0v) is 9.52. The number of carbonyl (C=O) groups excluding carboxylic acids is 1. The van der Waals surface area contributed by atoms with Crippen molar-refractivity contribution in [3.63, 3.8) is 0 Å². The first-order valence-corrected chi connectivity index (χ1v) is 5.67. The Morgan fingerprint density at radius 2 is 2.33 bits per heavy atom. The monoisotopic (exact) mass is 220 g/mol. The Morgan fingerprint density at radius 1 is 1.53 bits per heavy atom. The largest absolute Gasteiger partial charge is 0.326 e. The predicted molar refractivity (Wildman–Crippen MR) is 63.3 cm³/mol. The average molecular weight is 220 g/mol. The fourth-order valence-corrected chi connectivity index (χ4v) is 2.18. The molecule has 1 N–H and O–H groups in total. The lowest BCUT2D eigenvalue weighted by Gasteiger charge is -2.02. The van der Waals surface area contributed by atoms with Gasteiger partial charge in [0.1, 0.15) is 0 Å². The molecule has 0 atom stereocenters. The molecule has 1 aromatic carbocycles. The van der Waals surface area contributed by atoms with Gasteiger partial charge in [-0.05, 0) is 25.1 Å². The van der Waals surface area contributed by atoms with Gasteiger partial charge in [-0.3, -0.25) is 4.79 Å². The van der Waals surface area contributed by atoms with Crippen LogP contribution >= 0.6 is 11.3 Å². The summed E-state index contributed by atoms with van der Waals surface area (Å²) < 4.78 is 1.15. The number of nitrogens with zero attached hydrogens (tertiary/aromatic N) is 1. The topological polar surface area (TPSA) is 42.0 Å². The van der Waals surface area contributed by atoms with Crippen LogP contribution in [-0.2, 0) is 4.79 Å². The Bertz CT molecular complexity index is 504. The number of aromatic nitrogens is 1. The van der Waals surface area contributed by atoms with Crippen LogP contribution in [-0.4, -0.2) is 10.9 Å². The molecule has 0 radical (unpaired) electrons. The molecule has 1 aromatic heterocycles. The molecule has 4 heteroatoms. The lowest BCUT2D eigenvalue weighted by Crippen LogP contribution is -2.08. The van der Waals surface area contributed by atoms with Crippen molar-refractivity contribution in [3.05, 3.63) is 23.2 Å². The summed E-state index contributed by atoms with van der Waals surface area (Å²) in [6.45, 7) is 3.82. The number of benzene rings is 1. The van der Waals surface area contributed by atoms with Gasteiger partial charge in [0.2, 0.25) is 5.91 Å². The second-order valence-corrected chi connectivity index (χ2v) is 4.55. The van der Waals surface area contributed by atoms with Gasteiger partial charge < -0.3 is 5.32 Å². The maximum Gasteiger partial charge on any atom is 0.224 e. The van der Waals surface area contributed by atoms with Crippen LogP contribution < -0.4 is 5.32 Å². The highest BCUT2D eigenvalue weighted by Crippen LogP contribution is 2.24. The van der Waals surface area contributed by atoms with E-state index in [9.17, 15) is 4.79 Å². The van der Waals surface area contributed by atoms with Gasteiger partial charge in [0.25, 0.3) is 0 Å². The van der Waals surface area contributed by atoms with Crippen molar-refractivity contribution in [3.8, 4) is 0 Å². The van der Waals surface area contributed by atoms with Crippen LogP contribution in [0.3, 0.4) is 0 Å². The molecule has 0 spiro atoms. The maximum atomic E-state index is 11.2. The van der Waals surface area contributed by atoms with Crippen LogP contribution in [0.15, 0.2) is 18.2 Å². The van der Waals surface area contributed by atoms with Gasteiger partial charge in [0.15, 0.2) is 0 Å². The number of hydrogen-bond acceptors (Lipinski definition) is 3. The molecule has 0 aliphatic carbocycles. The summed E-state index contributed by atoms with van der Waals surface area (Å²) in [4.78, 5) is 15.6. The van der Waals surface area contributed by atoms with Crippen molar-refractivity contribution < 1.29 is 4.79 Å². The third kappa shape index (κ3) is 2.15. The molecule has 0 fully saturated rings. The van der Waals surface area contributed by atoms with Gasteiger partial charge >= 0.3 is 0 Å². The minimum absolute atomic E-state index is 0.0290. The molecule has 0 saturated carbocycles. The second kappa shape index (κ2) is 3.98. The molecule has 15 heavy (non-hydrogen) atoms. The number of rotatable bonds is 2. The summed E-state index contributed by atoms with van der Waals surface area (Å²) in [5, 5.41) is 3.86. The van der Waals surface area contributed by atoms with Crippen molar-refractivity contribution in [1.29, 1.82) is 0 Å². The minimum atomic E-state index is 0.0290. The molecule has 1 heterocycles. The number of amides is 1. The first-order chi connectivity index (χ1) is 7.19. The number of anilines is 1. The second-order valence-electron chi connectivity index (χ2n) is 3.32. The first-order valence-electron chi connectivity index (χ1n) is 4.86. The third-order valence-corrected chi connectivity index (χ3v) is 3.05. The molecule has 1 amide bonds. The molecule has 2 rings (SSSR count). The number of nitrogens with one attached hydrogen (secondary N) is 1. The van der Waals surface area contributed by atoms with E-state index in [1.54, 1.807) is 11.3 Å². The van der Waals surface area contributed by atoms with Crippen LogP contribution in [0, 0.1) is 6.92 Å². The van der Waals surface area contributed by atoms with Crippen LogP contribution in [0.4, 0.5) is 5.69 Å². The van der Waals surface area contributed by atoms with E-state index in [2.05, 4.69) is 10.3 Å². The van der Waals surface area contributed by atoms with E-state index in [0.717, 1.165) is 20.9 Å². The van der Waals surface area contributed by atoms with E-state index in [0.29, 0.717) is 6.42 Å². The van der Waals surface area contributed by atoms with Crippen molar-refractivity contribution in [1.82, 2.24) is 4.98 Å². The Hall–Kier alpha value is -1.42. The number of aryl methyl sites for hydroxylation is 1. The lowest BCUT2D eigenvalue weighted by molar-refractivity contribution is -0.115. The van der Waals surface area contributed by atoms with E-state index >= 15 is 0 Å². The van der Waals surface area contributed by atoms with Gasteiger partial charge in [-0.1, -0.05) is 6.92 Å². The standard InChI is InChI=1S/C11H12N2OS/c1-3-11(14)13-8-4-5-10-9(6-8)12-7(2)15-10/h4-6H,3H2,1-2H3,(H,13,14). The van der Waals surface area contributed by atoms with Crippen molar-refractivity contribution in [2.24, 2.45) is 0 Å². The zero-order chi connectivity index (χ0) is 10.8. The lowest BCUT2D eigenvalue weighted by atomic mass is 10.3. The first kappa shape index (κ1) is 10.1. The molecule has 0 aliphatic rings.